The predicted molar refractivity (Wildman–Crippen MR) is 84.6 cm³/mol. The van der Waals surface area contributed by atoms with Gasteiger partial charge in [-0.2, -0.15) is 0 Å². The van der Waals surface area contributed by atoms with E-state index in [2.05, 4.69) is 24.5 Å². The van der Waals surface area contributed by atoms with Crippen LogP contribution in [0.2, 0.25) is 0 Å². The van der Waals surface area contributed by atoms with Crippen LogP contribution in [-0.2, 0) is 4.79 Å². The quantitative estimate of drug-likeness (QED) is 0.544. The summed E-state index contributed by atoms with van der Waals surface area (Å²) in [6, 6.07) is -0.491. The highest BCUT2D eigenvalue weighted by Gasteiger charge is 2.39. The molecular formula is C18H24FNO. The molecule has 114 valence electrons. The lowest BCUT2D eigenvalue weighted by Crippen LogP contribution is -2.45. The Morgan fingerprint density at radius 3 is 2.76 bits per heavy atom. The molecule has 0 spiro atoms. The van der Waals surface area contributed by atoms with Crippen molar-refractivity contribution in [1.29, 1.82) is 0 Å². The molecule has 2 rings (SSSR count). The minimum Gasteiger partial charge on any atom is -0.297 e. The van der Waals surface area contributed by atoms with E-state index in [4.69, 9.17) is 0 Å². The number of carbonyl (C=O) groups is 1. The highest BCUT2D eigenvalue weighted by atomic mass is 19.1. The molecule has 0 radical (unpaired) electrons. The van der Waals surface area contributed by atoms with E-state index < -0.39 is 6.04 Å². The zero-order chi connectivity index (χ0) is 15.4. The summed E-state index contributed by atoms with van der Waals surface area (Å²) in [5.41, 5.74) is 1.66. The Hall–Kier alpha value is -1.48. The Kier molecular flexibility index (Phi) is 5.29. The number of nitrogens with zero attached hydrogens (tertiary/aromatic N) is 1. The van der Waals surface area contributed by atoms with Crippen LogP contribution in [0.15, 0.2) is 47.9 Å². The van der Waals surface area contributed by atoms with E-state index in [0.717, 1.165) is 32.4 Å². The van der Waals surface area contributed by atoms with Gasteiger partial charge in [-0.3, -0.25) is 9.69 Å². The van der Waals surface area contributed by atoms with Gasteiger partial charge in [0.1, 0.15) is 5.83 Å². The number of hydrogen-bond acceptors (Lipinski definition) is 2. The smallest absolute Gasteiger partial charge is 0.157 e. The van der Waals surface area contributed by atoms with Gasteiger partial charge < -0.3 is 0 Å². The minimum absolute atomic E-state index is 0.106. The van der Waals surface area contributed by atoms with Crippen LogP contribution in [0.3, 0.4) is 0 Å². The molecule has 1 saturated carbocycles. The summed E-state index contributed by atoms with van der Waals surface area (Å²) in [7, 11) is 0. The zero-order valence-electron chi connectivity index (χ0n) is 12.9. The average Bonchev–Trinajstić information content (AvgIpc) is 3.28. The molecule has 0 aromatic carbocycles. The van der Waals surface area contributed by atoms with Crippen molar-refractivity contribution >= 4 is 5.78 Å². The molecule has 0 saturated heterocycles. The van der Waals surface area contributed by atoms with E-state index in [0.29, 0.717) is 5.57 Å². The van der Waals surface area contributed by atoms with Crippen molar-refractivity contribution in [1.82, 2.24) is 4.90 Å². The Bertz CT molecular complexity index is 511. The van der Waals surface area contributed by atoms with Crippen molar-refractivity contribution in [3.8, 4) is 0 Å². The van der Waals surface area contributed by atoms with Gasteiger partial charge in [0.25, 0.3) is 0 Å². The first-order chi connectivity index (χ1) is 10.1. The van der Waals surface area contributed by atoms with Gasteiger partial charge in [-0.1, -0.05) is 30.4 Å². The van der Waals surface area contributed by atoms with Gasteiger partial charge in [0, 0.05) is 24.6 Å². The summed E-state index contributed by atoms with van der Waals surface area (Å²) in [6.45, 7) is 9.08. The van der Waals surface area contributed by atoms with Crippen LogP contribution in [0.1, 0.15) is 33.1 Å². The van der Waals surface area contributed by atoms with Crippen LogP contribution in [-0.4, -0.2) is 29.8 Å². The largest absolute Gasteiger partial charge is 0.297 e. The van der Waals surface area contributed by atoms with E-state index in [9.17, 15) is 9.18 Å². The molecule has 2 nitrogen and oxygen atoms in total. The van der Waals surface area contributed by atoms with Crippen LogP contribution in [0, 0.1) is 5.92 Å². The maximum Gasteiger partial charge on any atom is 0.157 e. The molecule has 0 N–H and O–H groups in total. The van der Waals surface area contributed by atoms with E-state index in [1.54, 1.807) is 13.0 Å². The zero-order valence-corrected chi connectivity index (χ0v) is 12.9. The molecule has 1 atom stereocenters. The topological polar surface area (TPSA) is 20.3 Å². The second-order valence-electron chi connectivity index (χ2n) is 5.90. The van der Waals surface area contributed by atoms with Crippen molar-refractivity contribution in [3.05, 3.63) is 47.9 Å². The first-order valence-corrected chi connectivity index (χ1v) is 7.66. The average molecular weight is 289 g/mol. The number of carbonyl (C=O) groups excluding carboxylic acids is 1. The summed E-state index contributed by atoms with van der Waals surface area (Å²) in [5, 5.41) is 0. The maximum atomic E-state index is 14.3. The number of halogens is 1. The molecule has 3 heteroatoms. The Balaban J connectivity index is 2.35. The lowest BCUT2D eigenvalue weighted by atomic mass is 9.94. The van der Waals surface area contributed by atoms with Gasteiger partial charge in [0.05, 0.1) is 6.04 Å². The van der Waals surface area contributed by atoms with Crippen LogP contribution >= 0.6 is 0 Å². The van der Waals surface area contributed by atoms with Crippen molar-refractivity contribution in [3.63, 3.8) is 0 Å². The number of ketones is 1. The van der Waals surface area contributed by atoms with E-state index in [1.807, 2.05) is 0 Å². The highest BCUT2D eigenvalue weighted by Crippen LogP contribution is 2.35. The summed E-state index contributed by atoms with van der Waals surface area (Å²) in [6.07, 6.45) is 9.55. The van der Waals surface area contributed by atoms with Gasteiger partial charge in [-0.05, 0) is 39.2 Å². The molecule has 1 unspecified atom stereocenters. The van der Waals surface area contributed by atoms with Crippen molar-refractivity contribution in [2.24, 2.45) is 5.92 Å². The van der Waals surface area contributed by atoms with Gasteiger partial charge in [0.2, 0.25) is 0 Å². The third-order valence-electron chi connectivity index (χ3n) is 4.08. The van der Waals surface area contributed by atoms with E-state index in [1.165, 1.54) is 17.7 Å². The SMILES string of the molecule is C=C/C(=C(F)\C=C/C)C(C(=O)C1CC1)N1CCC=C(C)C1. The Labute approximate surface area is 126 Å². The molecule has 2 aliphatic rings. The van der Waals surface area contributed by atoms with Gasteiger partial charge in [-0.15, -0.1) is 0 Å². The molecule has 1 aliphatic carbocycles. The lowest BCUT2D eigenvalue weighted by Gasteiger charge is -2.34. The molecule has 21 heavy (non-hydrogen) atoms. The molecule has 1 aliphatic heterocycles. The predicted octanol–water partition coefficient (Wildman–Crippen LogP) is 3.97. The maximum absolute atomic E-state index is 14.3. The number of Topliss-reactive ketones (excluding diaryl/α,β-unsaturated/α-hetero) is 1. The number of allylic oxidation sites excluding steroid dienone is 3. The van der Waals surface area contributed by atoms with Crippen LogP contribution in [0.5, 0.6) is 0 Å². The summed E-state index contributed by atoms with van der Waals surface area (Å²) in [5.74, 6) is -0.0903. The van der Waals surface area contributed by atoms with Gasteiger partial charge >= 0.3 is 0 Å². The number of hydrogen-bond donors (Lipinski definition) is 0. The summed E-state index contributed by atoms with van der Waals surface area (Å²) in [4.78, 5) is 14.8. The molecule has 1 fully saturated rings. The van der Waals surface area contributed by atoms with E-state index in [-0.39, 0.29) is 17.5 Å². The molecule has 0 aromatic rings. The first kappa shape index (κ1) is 15.9. The number of rotatable bonds is 6. The second-order valence-corrected chi connectivity index (χ2v) is 5.90. The molecule has 0 aromatic heterocycles. The normalized spacial score (nSPS) is 22.7. The van der Waals surface area contributed by atoms with Crippen molar-refractivity contribution in [2.45, 2.75) is 39.2 Å². The van der Waals surface area contributed by atoms with Crippen LogP contribution in [0.4, 0.5) is 4.39 Å². The molecular weight excluding hydrogens is 265 g/mol. The highest BCUT2D eigenvalue weighted by molar-refractivity contribution is 5.91. The van der Waals surface area contributed by atoms with Crippen LogP contribution in [0.25, 0.3) is 0 Å². The monoisotopic (exact) mass is 289 g/mol. The van der Waals surface area contributed by atoms with Crippen molar-refractivity contribution in [2.75, 3.05) is 13.1 Å². The first-order valence-electron chi connectivity index (χ1n) is 7.66. The fourth-order valence-electron chi connectivity index (χ4n) is 2.86. The van der Waals surface area contributed by atoms with Crippen LogP contribution < -0.4 is 0 Å². The minimum atomic E-state index is -0.491. The molecule has 1 heterocycles. The third kappa shape index (κ3) is 3.79. The third-order valence-corrected chi connectivity index (χ3v) is 4.08. The molecule has 0 amide bonds. The van der Waals surface area contributed by atoms with Gasteiger partial charge in [0.15, 0.2) is 5.78 Å². The van der Waals surface area contributed by atoms with Crippen molar-refractivity contribution < 1.29 is 9.18 Å². The lowest BCUT2D eigenvalue weighted by molar-refractivity contribution is -0.124. The fraction of sp³-hybridized carbons (Fsp3) is 0.500. The second kappa shape index (κ2) is 6.99. The summed E-state index contributed by atoms with van der Waals surface area (Å²) < 4.78 is 14.3. The van der Waals surface area contributed by atoms with Gasteiger partial charge in [-0.25, -0.2) is 4.39 Å². The summed E-state index contributed by atoms with van der Waals surface area (Å²) >= 11 is 0. The Morgan fingerprint density at radius 1 is 1.52 bits per heavy atom. The standard InChI is InChI=1S/C18H24FNO/c1-4-7-16(19)15(5-2)17(18(21)14-9-10-14)20-11-6-8-13(3)12-20/h4-5,7-8,14,17H,2,6,9-12H2,1,3H3/b7-4-,16-15-. The fourth-order valence-corrected chi connectivity index (χ4v) is 2.86. The molecule has 0 bridgehead atoms. The van der Waals surface area contributed by atoms with E-state index >= 15 is 0 Å². The Morgan fingerprint density at radius 2 is 2.24 bits per heavy atom.